The molecule has 31 heavy (non-hydrogen) atoms. The van der Waals surface area contributed by atoms with Crippen LogP contribution in [-0.2, 0) is 0 Å². The number of nitrogens with zero attached hydrogens (tertiary/aromatic N) is 3. The number of ether oxygens (including phenoxy) is 1. The molecule has 3 aromatic rings. The number of urea groups is 1. The van der Waals surface area contributed by atoms with Crippen LogP contribution in [0.15, 0.2) is 71.3 Å². The molecule has 1 aliphatic rings. The number of aromatic nitrogens is 1. The molecule has 0 aliphatic carbocycles. The number of rotatable bonds is 7. The molecule has 8 heteroatoms. The molecule has 1 aliphatic heterocycles. The van der Waals surface area contributed by atoms with E-state index < -0.39 is 0 Å². The lowest BCUT2D eigenvalue weighted by molar-refractivity contribution is 0.212. The fraction of sp³-hybridized carbons (Fsp3) is 0.174. The highest BCUT2D eigenvalue weighted by Gasteiger charge is 2.29. The topological polar surface area (TPSA) is 78.8 Å². The maximum atomic E-state index is 12.4. The first-order valence-electron chi connectivity index (χ1n) is 9.90. The van der Waals surface area contributed by atoms with E-state index in [0.29, 0.717) is 11.7 Å². The number of nitrogens with one attached hydrogen (secondary N) is 2. The van der Waals surface area contributed by atoms with Gasteiger partial charge in [0.1, 0.15) is 5.75 Å². The van der Waals surface area contributed by atoms with Gasteiger partial charge >= 0.3 is 6.03 Å². The summed E-state index contributed by atoms with van der Waals surface area (Å²) in [5.41, 5.74) is 6.69. The highest BCUT2D eigenvalue weighted by Crippen LogP contribution is 2.34. The molecule has 1 atom stereocenters. The third kappa shape index (κ3) is 4.75. The molecular formula is C23H23N5O2S. The quantitative estimate of drug-likeness (QED) is 0.417. The maximum Gasteiger partial charge on any atom is 0.322 e. The smallest absolute Gasteiger partial charge is 0.322 e. The summed E-state index contributed by atoms with van der Waals surface area (Å²) in [7, 11) is 1.64. The van der Waals surface area contributed by atoms with E-state index in [2.05, 4.69) is 20.8 Å². The minimum absolute atomic E-state index is 0.113. The third-order valence-electron chi connectivity index (χ3n) is 4.90. The van der Waals surface area contributed by atoms with Gasteiger partial charge in [0.25, 0.3) is 0 Å². The van der Waals surface area contributed by atoms with E-state index >= 15 is 0 Å². The van der Waals surface area contributed by atoms with E-state index in [-0.39, 0.29) is 12.1 Å². The van der Waals surface area contributed by atoms with Gasteiger partial charge in [-0.15, -0.1) is 11.3 Å². The molecule has 4 rings (SSSR count). The number of thiazole rings is 1. The molecule has 2 N–H and O–H groups in total. The van der Waals surface area contributed by atoms with Crippen LogP contribution in [0.4, 0.5) is 9.93 Å². The van der Waals surface area contributed by atoms with E-state index in [1.165, 1.54) is 11.3 Å². The van der Waals surface area contributed by atoms with Crippen molar-refractivity contribution in [2.75, 3.05) is 19.1 Å². The highest BCUT2D eigenvalue weighted by atomic mass is 32.1. The van der Waals surface area contributed by atoms with Crippen LogP contribution in [0.3, 0.4) is 0 Å². The molecule has 2 aromatic carbocycles. The van der Waals surface area contributed by atoms with Gasteiger partial charge in [0, 0.05) is 23.7 Å². The van der Waals surface area contributed by atoms with Gasteiger partial charge in [-0.3, -0.25) is 5.43 Å². The van der Waals surface area contributed by atoms with Gasteiger partial charge in [-0.05, 0) is 42.3 Å². The molecular weight excluding hydrogens is 410 g/mol. The van der Waals surface area contributed by atoms with Crippen LogP contribution in [0.5, 0.6) is 5.75 Å². The largest absolute Gasteiger partial charge is 0.497 e. The third-order valence-corrected chi connectivity index (χ3v) is 5.64. The zero-order chi connectivity index (χ0) is 21.6. The monoisotopic (exact) mass is 433 g/mol. The van der Waals surface area contributed by atoms with Gasteiger partial charge in [0.2, 0.25) is 5.13 Å². The van der Waals surface area contributed by atoms with Gasteiger partial charge in [0.15, 0.2) is 0 Å². The Kier molecular flexibility index (Phi) is 6.28. The predicted octanol–water partition coefficient (Wildman–Crippen LogP) is 4.73. The van der Waals surface area contributed by atoms with E-state index in [1.54, 1.807) is 18.2 Å². The maximum absolute atomic E-state index is 12.4. The molecule has 0 unspecified atom stereocenters. The predicted molar refractivity (Wildman–Crippen MR) is 124 cm³/mol. The lowest BCUT2D eigenvalue weighted by Crippen LogP contribution is -2.43. The molecule has 2 amide bonds. The summed E-state index contributed by atoms with van der Waals surface area (Å²) in [4.78, 5) is 18.8. The molecule has 0 radical (unpaired) electrons. The Morgan fingerprint density at radius 3 is 2.71 bits per heavy atom. The molecule has 2 heterocycles. The Morgan fingerprint density at radius 2 is 2.00 bits per heavy atom. The second-order valence-corrected chi connectivity index (χ2v) is 7.70. The summed E-state index contributed by atoms with van der Waals surface area (Å²) in [5.74, 6) is 0.802. The number of anilines is 1. The molecule has 158 valence electrons. The Morgan fingerprint density at radius 1 is 1.23 bits per heavy atom. The van der Waals surface area contributed by atoms with Gasteiger partial charge in [-0.1, -0.05) is 30.3 Å². The molecule has 1 aromatic heterocycles. The number of hydrogen-bond donors (Lipinski definition) is 2. The van der Waals surface area contributed by atoms with Crippen molar-refractivity contribution in [3.05, 3.63) is 83.0 Å². The van der Waals surface area contributed by atoms with Crippen molar-refractivity contribution in [3.63, 3.8) is 0 Å². The number of benzene rings is 2. The molecule has 0 bridgehead atoms. The minimum atomic E-state index is -0.255. The van der Waals surface area contributed by atoms with Crippen LogP contribution in [0, 0.1) is 0 Å². The Bertz CT molecular complexity index is 1090. The van der Waals surface area contributed by atoms with E-state index in [4.69, 9.17) is 4.74 Å². The van der Waals surface area contributed by atoms with Gasteiger partial charge in [-0.2, -0.15) is 5.10 Å². The Balaban J connectivity index is 1.53. The van der Waals surface area contributed by atoms with Gasteiger partial charge in [0.05, 0.1) is 25.1 Å². The van der Waals surface area contributed by atoms with Crippen molar-refractivity contribution in [3.8, 4) is 5.75 Å². The van der Waals surface area contributed by atoms with Crippen LogP contribution < -0.4 is 15.5 Å². The zero-order valence-corrected chi connectivity index (χ0v) is 18.1. The first-order chi connectivity index (χ1) is 15.2. The average Bonchev–Trinajstić information content (AvgIpc) is 3.28. The fourth-order valence-corrected chi connectivity index (χ4v) is 3.92. The summed E-state index contributed by atoms with van der Waals surface area (Å²) in [6, 6.07) is 17.2. The zero-order valence-electron chi connectivity index (χ0n) is 17.3. The lowest BCUT2D eigenvalue weighted by Gasteiger charge is -2.31. The van der Waals surface area contributed by atoms with Crippen molar-refractivity contribution >= 4 is 34.3 Å². The second kappa shape index (κ2) is 9.44. The summed E-state index contributed by atoms with van der Waals surface area (Å²) in [5, 5.41) is 10.0. The number of methoxy groups -OCH3 is 1. The van der Waals surface area contributed by atoms with E-state index in [9.17, 15) is 4.79 Å². The molecule has 0 saturated heterocycles. The standard InChI is InChI=1S/C23H23N5O2S/c1-3-28-14-19(21(26-23(28)29)17-7-5-4-6-8-17)20-15-31-22(25-20)27-24-13-16-9-11-18(30-2)12-10-16/h4-15,21H,3H2,1-2H3,(H,25,27)(H,26,29)/b24-13-/t21-/m1/s1. The summed E-state index contributed by atoms with van der Waals surface area (Å²) >= 11 is 1.46. The average molecular weight is 434 g/mol. The number of hydrazone groups is 1. The SMILES string of the molecule is CCN1C=C(c2csc(N/N=C\c3ccc(OC)cc3)n2)[C@@H](c2ccccc2)NC1=O. The Labute approximate surface area is 185 Å². The van der Waals surface area contributed by atoms with Crippen molar-refractivity contribution in [1.29, 1.82) is 0 Å². The number of amides is 2. The van der Waals surface area contributed by atoms with Crippen molar-refractivity contribution < 1.29 is 9.53 Å². The number of carbonyl (C=O) groups is 1. The Hall–Kier alpha value is -3.65. The van der Waals surface area contributed by atoms with Crippen molar-refractivity contribution in [2.24, 2.45) is 5.10 Å². The van der Waals surface area contributed by atoms with Crippen LogP contribution in [0.1, 0.15) is 29.8 Å². The highest BCUT2D eigenvalue weighted by molar-refractivity contribution is 7.13. The first-order valence-corrected chi connectivity index (χ1v) is 10.8. The normalized spacial score (nSPS) is 16.2. The first kappa shape index (κ1) is 20.6. The van der Waals surface area contributed by atoms with Crippen LogP contribution in [0.2, 0.25) is 0 Å². The molecule has 7 nitrogen and oxygen atoms in total. The summed E-state index contributed by atoms with van der Waals surface area (Å²) in [6.07, 6.45) is 3.61. The van der Waals surface area contributed by atoms with E-state index in [1.807, 2.05) is 73.1 Å². The van der Waals surface area contributed by atoms with E-state index in [0.717, 1.165) is 28.1 Å². The van der Waals surface area contributed by atoms with Crippen LogP contribution in [-0.4, -0.2) is 35.8 Å². The number of carbonyl (C=O) groups excluding carboxylic acids is 1. The van der Waals surface area contributed by atoms with Gasteiger partial charge < -0.3 is 15.0 Å². The van der Waals surface area contributed by atoms with Crippen molar-refractivity contribution in [2.45, 2.75) is 13.0 Å². The van der Waals surface area contributed by atoms with Crippen molar-refractivity contribution in [1.82, 2.24) is 15.2 Å². The summed E-state index contributed by atoms with van der Waals surface area (Å²) < 4.78 is 5.16. The molecule has 0 spiro atoms. The minimum Gasteiger partial charge on any atom is -0.497 e. The van der Waals surface area contributed by atoms with Crippen LogP contribution >= 0.6 is 11.3 Å². The lowest BCUT2D eigenvalue weighted by atomic mass is 9.96. The number of hydrogen-bond acceptors (Lipinski definition) is 6. The fourth-order valence-electron chi connectivity index (χ4n) is 3.25. The molecule has 0 saturated carbocycles. The van der Waals surface area contributed by atoms with Gasteiger partial charge in [-0.25, -0.2) is 9.78 Å². The summed E-state index contributed by atoms with van der Waals surface area (Å²) in [6.45, 7) is 2.52. The molecule has 0 fully saturated rings. The van der Waals surface area contributed by atoms with Crippen LogP contribution in [0.25, 0.3) is 5.57 Å². The second-order valence-electron chi connectivity index (χ2n) is 6.84.